The van der Waals surface area contributed by atoms with Gasteiger partial charge in [-0.05, 0) is 18.6 Å². The van der Waals surface area contributed by atoms with Crippen molar-refractivity contribution >= 4 is 40.6 Å². The largest absolute Gasteiger partial charge is 0.325 e. The maximum absolute atomic E-state index is 12.5. The summed E-state index contributed by atoms with van der Waals surface area (Å²) in [7, 11) is 0. The van der Waals surface area contributed by atoms with Crippen molar-refractivity contribution < 1.29 is 9.59 Å². The van der Waals surface area contributed by atoms with Gasteiger partial charge in [0.25, 0.3) is 0 Å². The number of anilines is 1. The highest BCUT2D eigenvalue weighted by Gasteiger charge is 2.19. The third-order valence-electron chi connectivity index (χ3n) is 3.03. The minimum Gasteiger partial charge on any atom is -0.325 e. The third kappa shape index (κ3) is 3.26. The van der Waals surface area contributed by atoms with Gasteiger partial charge in [-0.15, -0.1) is 0 Å². The number of nitrogens with one attached hydrogen (secondary N) is 1. The van der Waals surface area contributed by atoms with Crippen molar-refractivity contribution in [2.45, 2.75) is 13.8 Å². The van der Waals surface area contributed by atoms with Crippen molar-refractivity contribution in [1.82, 2.24) is 0 Å². The molecule has 0 aromatic heterocycles. The van der Waals surface area contributed by atoms with Gasteiger partial charge in [0.1, 0.15) is 0 Å². The van der Waals surface area contributed by atoms with Crippen LogP contribution in [0, 0.1) is 6.92 Å². The van der Waals surface area contributed by atoms with E-state index in [9.17, 15) is 9.59 Å². The molecule has 0 unspecified atom stereocenters. The number of carbonyl (C=O) groups is 2. The highest BCUT2D eigenvalue weighted by molar-refractivity contribution is 6.39. The van der Waals surface area contributed by atoms with Crippen molar-refractivity contribution in [3.63, 3.8) is 0 Å². The highest BCUT2D eigenvalue weighted by atomic mass is 35.5. The van der Waals surface area contributed by atoms with Crippen LogP contribution in [-0.4, -0.2) is 11.7 Å². The first-order chi connectivity index (χ1) is 9.91. The molecule has 2 rings (SSSR count). The van der Waals surface area contributed by atoms with E-state index >= 15 is 0 Å². The van der Waals surface area contributed by atoms with Crippen LogP contribution in [0.5, 0.6) is 0 Å². The van der Waals surface area contributed by atoms with E-state index in [0.717, 1.165) is 0 Å². The molecule has 1 N–H and O–H groups in total. The fourth-order valence-corrected chi connectivity index (χ4v) is 2.53. The van der Waals surface area contributed by atoms with Crippen LogP contribution in [0.4, 0.5) is 5.69 Å². The Bertz CT molecular complexity index is 712. The van der Waals surface area contributed by atoms with Crippen molar-refractivity contribution in [2.75, 3.05) is 5.32 Å². The summed E-state index contributed by atoms with van der Waals surface area (Å²) in [4.78, 5) is 23.7. The summed E-state index contributed by atoms with van der Waals surface area (Å²) in [5.41, 5.74) is 1.85. The van der Waals surface area contributed by atoms with Crippen LogP contribution in [0.25, 0.3) is 0 Å². The summed E-state index contributed by atoms with van der Waals surface area (Å²) in [5.74, 6) is -0.460. The molecule has 21 heavy (non-hydrogen) atoms. The quantitative estimate of drug-likeness (QED) is 0.846. The van der Waals surface area contributed by atoms with Crippen LogP contribution in [0.1, 0.15) is 28.4 Å². The Morgan fingerprint density at radius 3 is 2.29 bits per heavy atom. The predicted molar refractivity (Wildman–Crippen MR) is 85.4 cm³/mol. The Morgan fingerprint density at radius 1 is 1.10 bits per heavy atom. The first kappa shape index (κ1) is 15.5. The lowest BCUT2D eigenvalue weighted by Gasteiger charge is -2.14. The molecule has 0 radical (unpaired) electrons. The van der Waals surface area contributed by atoms with E-state index in [1.165, 1.54) is 13.0 Å². The summed E-state index contributed by atoms with van der Waals surface area (Å²) < 4.78 is 0. The van der Waals surface area contributed by atoms with Gasteiger partial charge >= 0.3 is 0 Å². The molecule has 0 atom stereocenters. The number of rotatable bonds is 3. The summed E-state index contributed by atoms with van der Waals surface area (Å²) in [6.45, 7) is 3.09. The summed E-state index contributed by atoms with van der Waals surface area (Å²) >= 11 is 12.4. The average molecular weight is 322 g/mol. The number of hydrogen-bond acceptors (Lipinski definition) is 2. The van der Waals surface area contributed by atoms with Gasteiger partial charge in [-0.2, -0.15) is 0 Å². The first-order valence-corrected chi connectivity index (χ1v) is 7.03. The van der Waals surface area contributed by atoms with E-state index in [-0.39, 0.29) is 21.7 Å². The number of hydrogen-bond donors (Lipinski definition) is 1. The molecule has 1 amide bonds. The minimum absolute atomic E-state index is 0.208. The number of benzene rings is 2. The first-order valence-electron chi connectivity index (χ1n) is 6.27. The summed E-state index contributed by atoms with van der Waals surface area (Å²) in [6, 6.07) is 10.3. The number of amides is 1. The van der Waals surface area contributed by atoms with E-state index in [4.69, 9.17) is 23.2 Å². The molecule has 0 bridgehead atoms. The van der Waals surface area contributed by atoms with Crippen LogP contribution in [0.2, 0.25) is 10.0 Å². The molecular weight excluding hydrogens is 309 g/mol. The number of ketones is 1. The molecule has 0 saturated carbocycles. The SMILES string of the molecule is CC(=O)Nc1c(Cl)cc(C(=O)c2ccccc2)c(Cl)c1C. The van der Waals surface area contributed by atoms with E-state index in [2.05, 4.69) is 5.32 Å². The second-order valence-electron chi connectivity index (χ2n) is 4.60. The monoisotopic (exact) mass is 321 g/mol. The molecule has 2 aromatic carbocycles. The van der Waals surface area contributed by atoms with Crippen molar-refractivity contribution in [1.29, 1.82) is 0 Å². The summed E-state index contributed by atoms with van der Waals surface area (Å²) in [6.07, 6.45) is 0. The third-order valence-corrected chi connectivity index (χ3v) is 3.82. The van der Waals surface area contributed by atoms with Crippen molar-refractivity contribution in [2.24, 2.45) is 0 Å². The van der Waals surface area contributed by atoms with Crippen LogP contribution in [0.3, 0.4) is 0 Å². The lowest BCUT2D eigenvalue weighted by atomic mass is 10.0. The zero-order valence-electron chi connectivity index (χ0n) is 11.5. The maximum atomic E-state index is 12.5. The molecule has 2 aromatic rings. The zero-order valence-corrected chi connectivity index (χ0v) is 13.0. The Hall–Kier alpha value is -1.84. The van der Waals surface area contributed by atoms with Gasteiger partial charge < -0.3 is 5.32 Å². The zero-order chi connectivity index (χ0) is 15.6. The predicted octanol–water partition coefficient (Wildman–Crippen LogP) is 4.49. The molecular formula is C16H13Cl2NO2. The van der Waals surface area contributed by atoms with Gasteiger partial charge in [-0.25, -0.2) is 0 Å². The maximum Gasteiger partial charge on any atom is 0.221 e. The Morgan fingerprint density at radius 2 is 1.71 bits per heavy atom. The van der Waals surface area contributed by atoms with Crippen molar-refractivity contribution in [3.8, 4) is 0 Å². The topological polar surface area (TPSA) is 46.2 Å². The van der Waals surface area contributed by atoms with Gasteiger partial charge in [-0.3, -0.25) is 9.59 Å². The lowest BCUT2D eigenvalue weighted by Crippen LogP contribution is -2.10. The number of halogens is 2. The van der Waals surface area contributed by atoms with E-state index in [0.29, 0.717) is 22.4 Å². The molecule has 3 nitrogen and oxygen atoms in total. The van der Waals surface area contributed by atoms with Gasteiger partial charge in [0.2, 0.25) is 5.91 Å². The average Bonchev–Trinajstić information content (AvgIpc) is 2.47. The molecule has 0 aliphatic carbocycles. The molecule has 0 heterocycles. The van der Waals surface area contributed by atoms with Gasteiger partial charge in [0, 0.05) is 18.1 Å². The Labute approximate surface area is 132 Å². The second-order valence-corrected chi connectivity index (χ2v) is 5.38. The molecule has 108 valence electrons. The van der Waals surface area contributed by atoms with Crippen molar-refractivity contribution in [3.05, 3.63) is 63.1 Å². The molecule has 0 aliphatic heterocycles. The molecule has 0 aliphatic rings. The lowest BCUT2D eigenvalue weighted by molar-refractivity contribution is -0.114. The van der Waals surface area contributed by atoms with Crippen LogP contribution < -0.4 is 5.32 Å². The van der Waals surface area contributed by atoms with Gasteiger partial charge in [0.15, 0.2) is 5.78 Å². The molecule has 0 spiro atoms. The molecule has 5 heteroatoms. The Balaban J connectivity index is 2.52. The summed E-state index contributed by atoms with van der Waals surface area (Å²) in [5, 5.41) is 3.19. The standard InChI is InChI=1S/C16H13Cl2NO2/c1-9-14(18)12(8-13(17)15(9)19-10(2)20)16(21)11-6-4-3-5-7-11/h3-8H,1-2H3,(H,19,20). The smallest absolute Gasteiger partial charge is 0.221 e. The fraction of sp³-hybridized carbons (Fsp3) is 0.125. The van der Waals surface area contributed by atoms with E-state index in [1.54, 1.807) is 31.2 Å². The van der Waals surface area contributed by atoms with Gasteiger partial charge in [-0.1, -0.05) is 53.5 Å². The number of carbonyl (C=O) groups excluding carboxylic acids is 2. The van der Waals surface area contributed by atoms with Crippen LogP contribution in [-0.2, 0) is 4.79 Å². The molecule has 0 fully saturated rings. The fourth-order valence-electron chi connectivity index (χ4n) is 1.99. The van der Waals surface area contributed by atoms with Crippen LogP contribution in [0.15, 0.2) is 36.4 Å². The normalized spacial score (nSPS) is 10.3. The second kappa shape index (κ2) is 6.29. The molecule has 0 saturated heterocycles. The minimum atomic E-state index is -0.252. The van der Waals surface area contributed by atoms with E-state index < -0.39 is 0 Å². The van der Waals surface area contributed by atoms with Crippen LogP contribution >= 0.6 is 23.2 Å². The van der Waals surface area contributed by atoms with Gasteiger partial charge in [0.05, 0.1) is 15.7 Å². The highest BCUT2D eigenvalue weighted by Crippen LogP contribution is 2.35. The van der Waals surface area contributed by atoms with E-state index in [1.807, 2.05) is 6.07 Å². The Kier molecular flexibility index (Phi) is 4.66.